The van der Waals surface area contributed by atoms with Gasteiger partial charge in [0.15, 0.2) is 0 Å². The molecular formula is C15H14BrClN2O3S. The van der Waals surface area contributed by atoms with E-state index in [2.05, 4.69) is 26.0 Å². The predicted molar refractivity (Wildman–Crippen MR) is 93.1 cm³/mol. The molecule has 0 atom stereocenters. The Bertz CT molecular complexity index is 812. The van der Waals surface area contributed by atoms with Gasteiger partial charge < -0.3 is 5.32 Å². The van der Waals surface area contributed by atoms with Crippen molar-refractivity contribution in [3.63, 3.8) is 0 Å². The second-order valence-corrected chi connectivity index (χ2v) is 7.74. The first-order chi connectivity index (χ1) is 10.9. The monoisotopic (exact) mass is 416 g/mol. The van der Waals surface area contributed by atoms with Gasteiger partial charge in [-0.1, -0.05) is 39.7 Å². The number of carbonyl (C=O) groups is 1. The van der Waals surface area contributed by atoms with Crippen molar-refractivity contribution in [1.82, 2.24) is 10.0 Å². The lowest BCUT2D eigenvalue weighted by atomic mass is 10.2. The van der Waals surface area contributed by atoms with Crippen LogP contribution in [0.3, 0.4) is 0 Å². The minimum atomic E-state index is -3.65. The Morgan fingerprint density at radius 3 is 2.52 bits per heavy atom. The fraction of sp³-hybridized carbons (Fsp3) is 0.133. The lowest BCUT2D eigenvalue weighted by molar-refractivity contribution is 0.0954. The minimum absolute atomic E-state index is 0.0780. The first-order valence-electron chi connectivity index (χ1n) is 6.67. The molecule has 2 rings (SSSR count). The number of hydrogen-bond acceptors (Lipinski definition) is 3. The second-order valence-electron chi connectivity index (χ2n) is 4.62. The summed E-state index contributed by atoms with van der Waals surface area (Å²) < 4.78 is 27.3. The molecule has 0 radical (unpaired) electrons. The third-order valence-electron chi connectivity index (χ3n) is 2.90. The highest BCUT2D eigenvalue weighted by Crippen LogP contribution is 2.15. The maximum absolute atomic E-state index is 12.1. The van der Waals surface area contributed by atoms with E-state index in [1.54, 1.807) is 30.3 Å². The molecule has 0 aliphatic heterocycles. The van der Waals surface area contributed by atoms with Crippen molar-refractivity contribution < 1.29 is 13.2 Å². The zero-order chi connectivity index (χ0) is 16.9. The maximum Gasteiger partial charge on any atom is 0.251 e. The van der Waals surface area contributed by atoms with Gasteiger partial charge in [-0.2, -0.15) is 0 Å². The van der Waals surface area contributed by atoms with Gasteiger partial charge in [0.05, 0.1) is 4.90 Å². The van der Waals surface area contributed by atoms with Gasteiger partial charge in [-0.25, -0.2) is 13.1 Å². The van der Waals surface area contributed by atoms with Gasteiger partial charge >= 0.3 is 0 Å². The van der Waals surface area contributed by atoms with Crippen LogP contribution in [0.1, 0.15) is 10.4 Å². The van der Waals surface area contributed by atoms with Crippen LogP contribution in [0.4, 0.5) is 0 Å². The molecule has 23 heavy (non-hydrogen) atoms. The van der Waals surface area contributed by atoms with Gasteiger partial charge in [0.2, 0.25) is 10.0 Å². The number of amides is 1. The van der Waals surface area contributed by atoms with Gasteiger partial charge in [0, 0.05) is 28.1 Å². The van der Waals surface area contributed by atoms with Crippen molar-refractivity contribution in [3.05, 3.63) is 63.6 Å². The summed E-state index contributed by atoms with van der Waals surface area (Å²) in [6.45, 7) is 0.250. The topological polar surface area (TPSA) is 75.3 Å². The number of nitrogens with one attached hydrogen (secondary N) is 2. The summed E-state index contributed by atoms with van der Waals surface area (Å²) in [6.07, 6.45) is 0. The van der Waals surface area contributed by atoms with Crippen molar-refractivity contribution in [2.75, 3.05) is 13.1 Å². The molecule has 0 aliphatic carbocycles. The number of carbonyl (C=O) groups excluding carboxylic acids is 1. The van der Waals surface area contributed by atoms with Gasteiger partial charge in [-0.3, -0.25) is 4.79 Å². The van der Waals surface area contributed by atoms with E-state index in [4.69, 9.17) is 11.6 Å². The molecule has 2 aromatic rings. The van der Waals surface area contributed by atoms with Crippen molar-refractivity contribution in [3.8, 4) is 0 Å². The van der Waals surface area contributed by atoms with Crippen molar-refractivity contribution >= 4 is 43.5 Å². The smallest absolute Gasteiger partial charge is 0.251 e. The fourth-order valence-corrected chi connectivity index (χ4v) is 3.54. The normalized spacial score (nSPS) is 11.2. The zero-order valence-corrected chi connectivity index (χ0v) is 15.1. The fourth-order valence-electron chi connectivity index (χ4n) is 1.81. The molecule has 5 nitrogen and oxygen atoms in total. The maximum atomic E-state index is 12.1. The summed E-state index contributed by atoms with van der Waals surface area (Å²) in [7, 11) is -3.65. The largest absolute Gasteiger partial charge is 0.351 e. The number of halogens is 2. The number of rotatable bonds is 6. The molecule has 0 bridgehead atoms. The van der Waals surface area contributed by atoms with Crippen LogP contribution in [0, 0.1) is 0 Å². The van der Waals surface area contributed by atoms with Crippen molar-refractivity contribution in [2.45, 2.75) is 4.90 Å². The average Bonchev–Trinajstić information content (AvgIpc) is 2.51. The van der Waals surface area contributed by atoms with Crippen molar-refractivity contribution in [1.29, 1.82) is 0 Å². The van der Waals surface area contributed by atoms with E-state index in [0.717, 1.165) is 4.47 Å². The van der Waals surface area contributed by atoms with Crippen LogP contribution in [0.5, 0.6) is 0 Å². The Hall–Kier alpha value is -1.41. The number of benzene rings is 2. The van der Waals surface area contributed by atoms with Crippen LogP contribution in [0.2, 0.25) is 5.02 Å². The molecular weight excluding hydrogens is 404 g/mol. The van der Waals surface area contributed by atoms with Crippen LogP contribution in [-0.2, 0) is 10.0 Å². The molecule has 1 amide bonds. The highest BCUT2D eigenvalue weighted by atomic mass is 79.9. The third-order valence-corrected chi connectivity index (χ3v) is 5.08. The second kappa shape index (κ2) is 7.92. The number of sulfonamides is 1. The van der Waals surface area contributed by atoms with E-state index in [1.165, 1.54) is 12.1 Å². The summed E-state index contributed by atoms with van der Waals surface area (Å²) in [4.78, 5) is 12.0. The molecule has 8 heteroatoms. The first-order valence-corrected chi connectivity index (χ1v) is 9.33. The van der Waals surface area contributed by atoms with Gasteiger partial charge in [0.25, 0.3) is 5.91 Å². The number of hydrogen-bond donors (Lipinski definition) is 2. The summed E-state index contributed by atoms with van der Waals surface area (Å²) in [6, 6.07) is 12.9. The quantitative estimate of drug-likeness (QED) is 0.710. The molecule has 0 aliphatic rings. The summed E-state index contributed by atoms with van der Waals surface area (Å²) >= 11 is 9.07. The Labute approximate surface area is 148 Å². The van der Waals surface area contributed by atoms with Crippen LogP contribution < -0.4 is 10.0 Å². The van der Waals surface area contributed by atoms with Crippen LogP contribution >= 0.6 is 27.5 Å². The molecule has 2 N–H and O–H groups in total. The van der Waals surface area contributed by atoms with Crippen LogP contribution in [0.25, 0.3) is 0 Å². The Morgan fingerprint density at radius 2 is 1.83 bits per heavy atom. The third kappa shape index (κ3) is 5.31. The molecule has 0 heterocycles. The van der Waals surface area contributed by atoms with E-state index in [0.29, 0.717) is 10.6 Å². The molecule has 0 fully saturated rings. The highest BCUT2D eigenvalue weighted by Gasteiger charge is 2.13. The average molecular weight is 418 g/mol. The van der Waals surface area contributed by atoms with E-state index in [9.17, 15) is 13.2 Å². The lowest BCUT2D eigenvalue weighted by Gasteiger charge is -2.08. The molecule has 2 aromatic carbocycles. The molecule has 0 aromatic heterocycles. The summed E-state index contributed by atoms with van der Waals surface area (Å²) in [5, 5.41) is 2.99. The molecule has 122 valence electrons. The lowest BCUT2D eigenvalue weighted by Crippen LogP contribution is -2.34. The van der Waals surface area contributed by atoms with Crippen molar-refractivity contribution in [2.24, 2.45) is 0 Å². The Kier molecular flexibility index (Phi) is 6.17. The van der Waals surface area contributed by atoms with E-state index in [1.807, 2.05) is 6.07 Å². The van der Waals surface area contributed by atoms with Gasteiger partial charge in [0.1, 0.15) is 0 Å². The van der Waals surface area contributed by atoms with E-state index in [-0.39, 0.29) is 23.9 Å². The van der Waals surface area contributed by atoms with E-state index < -0.39 is 10.0 Å². The highest BCUT2D eigenvalue weighted by molar-refractivity contribution is 9.10. The molecule has 0 unspecified atom stereocenters. The van der Waals surface area contributed by atoms with Gasteiger partial charge in [-0.05, 0) is 36.4 Å². The SMILES string of the molecule is O=C(NCCNS(=O)(=O)c1cccc(Cl)c1)c1cccc(Br)c1. The summed E-state index contributed by atoms with van der Waals surface area (Å²) in [5.41, 5.74) is 0.497. The van der Waals surface area contributed by atoms with E-state index >= 15 is 0 Å². The molecule has 0 saturated carbocycles. The minimum Gasteiger partial charge on any atom is -0.351 e. The Balaban J connectivity index is 1.86. The predicted octanol–water partition coefficient (Wildman–Crippen LogP) is 2.81. The van der Waals surface area contributed by atoms with Crippen LogP contribution in [0.15, 0.2) is 57.9 Å². The first kappa shape index (κ1) is 17.9. The zero-order valence-electron chi connectivity index (χ0n) is 11.9. The standard InChI is InChI=1S/C15H14BrClN2O3S/c16-12-4-1-3-11(9-12)15(20)18-7-8-19-23(21,22)14-6-2-5-13(17)10-14/h1-6,9-10,19H,7-8H2,(H,18,20). The summed E-state index contributed by atoms with van der Waals surface area (Å²) in [5.74, 6) is -0.270. The molecule has 0 spiro atoms. The Morgan fingerprint density at radius 1 is 1.09 bits per heavy atom. The van der Waals surface area contributed by atoms with Crippen LogP contribution in [-0.4, -0.2) is 27.4 Å². The van der Waals surface area contributed by atoms with Gasteiger partial charge in [-0.15, -0.1) is 0 Å². The molecule has 0 saturated heterocycles.